The van der Waals surface area contributed by atoms with Crippen molar-refractivity contribution < 1.29 is 9.53 Å². The summed E-state index contributed by atoms with van der Waals surface area (Å²) in [5.74, 6) is 0.598. The Morgan fingerprint density at radius 2 is 1.95 bits per heavy atom. The topological polar surface area (TPSA) is 38.3 Å². The van der Waals surface area contributed by atoms with Crippen LogP contribution >= 0.6 is 12.4 Å². The van der Waals surface area contributed by atoms with Crippen LogP contribution in [0.25, 0.3) is 0 Å². The first kappa shape index (κ1) is 15.3. The summed E-state index contributed by atoms with van der Waals surface area (Å²) in [5, 5.41) is 3.45. The number of hydrogen-bond acceptors (Lipinski definition) is 3. The summed E-state index contributed by atoms with van der Waals surface area (Å²) in [5.41, 5.74) is 1.05. The first-order valence-electron chi connectivity index (χ1n) is 7.29. The molecule has 0 radical (unpaired) electrons. The van der Waals surface area contributed by atoms with Gasteiger partial charge in [0.2, 0.25) is 0 Å². The molecule has 1 aromatic carbocycles. The molecule has 3 atom stereocenters. The van der Waals surface area contributed by atoms with Crippen LogP contribution in [0.3, 0.4) is 0 Å². The van der Waals surface area contributed by atoms with E-state index in [9.17, 15) is 4.79 Å². The van der Waals surface area contributed by atoms with Gasteiger partial charge >= 0.3 is 5.97 Å². The molecule has 1 saturated heterocycles. The highest BCUT2D eigenvalue weighted by Gasteiger charge is 2.38. The molecule has 110 valence electrons. The minimum absolute atomic E-state index is 0. The molecule has 4 heteroatoms. The van der Waals surface area contributed by atoms with Crippen LogP contribution in [0.1, 0.15) is 37.7 Å². The van der Waals surface area contributed by atoms with Gasteiger partial charge in [-0.2, -0.15) is 0 Å². The maximum absolute atomic E-state index is 12.1. The molecule has 1 aromatic rings. The molecule has 0 aromatic heterocycles. The normalized spacial score (nSPS) is 28.3. The number of fused-ring (bicyclic) bond motifs is 1. The van der Waals surface area contributed by atoms with E-state index in [1.807, 2.05) is 30.3 Å². The van der Waals surface area contributed by atoms with Gasteiger partial charge in [0, 0.05) is 6.04 Å². The lowest BCUT2D eigenvalue weighted by Gasteiger charge is -2.24. The van der Waals surface area contributed by atoms with Crippen molar-refractivity contribution in [3.05, 3.63) is 35.9 Å². The Bertz CT molecular complexity index is 423. The first-order chi connectivity index (χ1) is 9.33. The summed E-state index contributed by atoms with van der Waals surface area (Å²) in [4.78, 5) is 12.1. The molecule has 2 aliphatic rings. The lowest BCUT2D eigenvalue weighted by atomic mass is 9.85. The molecule has 1 saturated carbocycles. The number of benzene rings is 1. The zero-order valence-electron chi connectivity index (χ0n) is 11.6. The van der Waals surface area contributed by atoms with E-state index in [2.05, 4.69) is 5.32 Å². The zero-order valence-corrected chi connectivity index (χ0v) is 12.4. The van der Waals surface area contributed by atoms with Gasteiger partial charge in [0.15, 0.2) is 0 Å². The fraction of sp³-hybridized carbons (Fsp3) is 0.562. The van der Waals surface area contributed by atoms with Crippen LogP contribution in [0.5, 0.6) is 0 Å². The predicted molar refractivity (Wildman–Crippen MR) is 80.8 cm³/mol. The van der Waals surface area contributed by atoms with Crippen molar-refractivity contribution in [3.63, 3.8) is 0 Å². The number of carbonyl (C=O) groups excluding carboxylic acids is 1. The van der Waals surface area contributed by atoms with Crippen molar-refractivity contribution in [2.75, 3.05) is 0 Å². The zero-order chi connectivity index (χ0) is 13.1. The molecular weight excluding hydrogens is 274 g/mol. The Morgan fingerprint density at radius 1 is 1.20 bits per heavy atom. The molecule has 1 N–H and O–H groups in total. The molecule has 0 bridgehead atoms. The van der Waals surface area contributed by atoms with Gasteiger partial charge in [0.25, 0.3) is 0 Å². The Balaban J connectivity index is 0.00000147. The number of esters is 1. The van der Waals surface area contributed by atoms with E-state index < -0.39 is 0 Å². The van der Waals surface area contributed by atoms with E-state index in [0.29, 0.717) is 18.6 Å². The molecule has 0 spiro atoms. The Labute approximate surface area is 126 Å². The number of nitrogens with one attached hydrogen (secondary N) is 1. The van der Waals surface area contributed by atoms with Crippen LogP contribution in [-0.4, -0.2) is 18.1 Å². The highest BCUT2D eigenvalue weighted by molar-refractivity contribution is 5.85. The summed E-state index contributed by atoms with van der Waals surface area (Å²) in [7, 11) is 0. The predicted octanol–water partition coefficient (Wildman–Crippen LogP) is 3.07. The van der Waals surface area contributed by atoms with Gasteiger partial charge in [0.05, 0.1) is 0 Å². The van der Waals surface area contributed by atoms with Gasteiger partial charge in [0.1, 0.15) is 12.6 Å². The minimum atomic E-state index is -0.0863. The number of carbonyl (C=O) groups is 1. The molecule has 3 nitrogen and oxygen atoms in total. The standard InChI is InChI=1S/C16H21NO2.ClH/c18-16(19-11-12-6-2-1-3-7-12)15-10-13-8-4-5-9-14(13)17-15;/h1-3,6-7,13-15,17H,4-5,8-11H2;1H/t13-,14+,15?;/m1./s1. The summed E-state index contributed by atoms with van der Waals surface area (Å²) < 4.78 is 5.42. The van der Waals surface area contributed by atoms with Crippen LogP contribution in [0.2, 0.25) is 0 Å². The molecule has 1 aliphatic carbocycles. The monoisotopic (exact) mass is 295 g/mol. The van der Waals surface area contributed by atoms with E-state index in [-0.39, 0.29) is 24.4 Å². The van der Waals surface area contributed by atoms with Gasteiger partial charge in [-0.15, -0.1) is 12.4 Å². The second-order valence-electron chi connectivity index (χ2n) is 5.70. The van der Waals surface area contributed by atoms with Crippen molar-refractivity contribution in [1.82, 2.24) is 5.32 Å². The smallest absolute Gasteiger partial charge is 0.323 e. The van der Waals surface area contributed by atoms with E-state index in [1.165, 1.54) is 25.7 Å². The second kappa shape index (κ2) is 7.09. The second-order valence-corrected chi connectivity index (χ2v) is 5.70. The van der Waals surface area contributed by atoms with E-state index in [0.717, 1.165) is 12.0 Å². The molecule has 1 unspecified atom stereocenters. The van der Waals surface area contributed by atoms with Crippen LogP contribution in [0.4, 0.5) is 0 Å². The van der Waals surface area contributed by atoms with Gasteiger partial charge in [-0.1, -0.05) is 43.2 Å². The van der Waals surface area contributed by atoms with Crippen molar-refractivity contribution in [2.45, 2.75) is 50.8 Å². The fourth-order valence-corrected chi connectivity index (χ4v) is 3.33. The number of rotatable bonds is 3. The van der Waals surface area contributed by atoms with Crippen molar-refractivity contribution in [2.24, 2.45) is 5.92 Å². The molecular formula is C16H22ClNO2. The number of halogens is 1. The molecule has 1 heterocycles. The molecule has 3 rings (SSSR count). The van der Waals surface area contributed by atoms with E-state index in [1.54, 1.807) is 0 Å². The van der Waals surface area contributed by atoms with Gasteiger partial charge in [-0.3, -0.25) is 4.79 Å². The van der Waals surface area contributed by atoms with Gasteiger partial charge in [-0.25, -0.2) is 0 Å². The first-order valence-corrected chi connectivity index (χ1v) is 7.29. The van der Waals surface area contributed by atoms with Crippen LogP contribution in [0, 0.1) is 5.92 Å². The van der Waals surface area contributed by atoms with Crippen molar-refractivity contribution in [3.8, 4) is 0 Å². The third-order valence-corrected chi connectivity index (χ3v) is 4.37. The van der Waals surface area contributed by atoms with Gasteiger partial charge in [-0.05, 0) is 30.7 Å². The third-order valence-electron chi connectivity index (χ3n) is 4.37. The third kappa shape index (κ3) is 3.53. The SMILES string of the molecule is Cl.O=C(OCc1ccccc1)C1C[C@H]2CCCC[C@@H]2N1. The van der Waals surface area contributed by atoms with Gasteiger partial charge < -0.3 is 10.1 Å². The summed E-state index contributed by atoms with van der Waals surface area (Å²) in [6.07, 6.45) is 6.04. The Kier molecular flexibility index (Phi) is 5.44. The minimum Gasteiger partial charge on any atom is -0.460 e. The molecule has 0 amide bonds. The lowest BCUT2D eigenvalue weighted by molar-refractivity contribution is -0.147. The maximum atomic E-state index is 12.1. The van der Waals surface area contributed by atoms with Crippen molar-refractivity contribution in [1.29, 1.82) is 0 Å². The Hall–Kier alpha value is -1.06. The van der Waals surface area contributed by atoms with E-state index >= 15 is 0 Å². The fourth-order valence-electron chi connectivity index (χ4n) is 3.33. The van der Waals surface area contributed by atoms with Crippen LogP contribution < -0.4 is 5.32 Å². The quantitative estimate of drug-likeness (QED) is 0.871. The summed E-state index contributed by atoms with van der Waals surface area (Å²) in [6.45, 7) is 0.382. The molecule has 1 aliphatic heterocycles. The number of ether oxygens (including phenoxy) is 1. The van der Waals surface area contributed by atoms with E-state index in [4.69, 9.17) is 4.74 Å². The Morgan fingerprint density at radius 3 is 2.70 bits per heavy atom. The number of hydrogen-bond donors (Lipinski definition) is 1. The highest BCUT2D eigenvalue weighted by Crippen LogP contribution is 2.33. The van der Waals surface area contributed by atoms with Crippen LogP contribution in [-0.2, 0) is 16.1 Å². The summed E-state index contributed by atoms with van der Waals surface area (Å²) >= 11 is 0. The molecule has 20 heavy (non-hydrogen) atoms. The average molecular weight is 296 g/mol. The highest BCUT2D eigenvalue weighted by atomic mass is 35.5. The largest absolute Gasteiger partial charge is 0.460 e. The summed E-state index contributed by atoms with van der Waals surface area (Å²) in [6, 6.07) is 10.3. The lowest BCUT2D eigenvalue weighted by Crippen LogP contribution is -2.37. The van der Waals surface area contributed by atoms with Crippen molar-refractivity contribution >= 4 is 18.4 Å². The molecule has 2 fully saturated rings. The van der Waals surface area contributed by atoms with Crippen LogP contribution in [0.15, 0.2) is 30.3 Å². The average Bonchev–Trinajstić information content (AvgIpc) is 2.90. The maximum Gasteiger partial charge on any atom is 0.323 e.